The minimum absolute atomic E-state index is 0.00485. The van der Waals surface area contributed by atoms with Gasteiger partial charge >= 0.3 is 0 Å². The molecule has 4 rings (SSSR count). The molecule has 0 saturated carbocycles. The highest BCUT2D eigenvalue weighted by molar-refractivity contribution is 6.07. The van der Waals surface area contributed by atoms with Gasteiger partial charge in [0.05, 0.1) is 4.92 Å². The zero-order chi connectivity index (χ0) is 18.8. The van der Waals surface area contributed by atoms with Gasteiger partial charge in [-0.1, -0.05) is 30.3 Å². The van der Waals surface area contributed by atoms with Crippen LogP contribution in [0.25, 0.3) is 22.6 Å². The van der Waals surface area contributed by atoms with E-state index in [0.717, 1.165) is 5.52 Å². The summed E-state index contributed by atoms with van der Waals surface area (Å²) in [6.07, 6.45) is 0. The Balaban J connectivity index is 1.63. The minimum Gasteiger partial charge on any atom is -0.436 e. The maximum absolute atomic E-state index is 12.5. The molecule has 0 saturated heterocycles. The number of oxazole rings is 1. The van der Waals surface area contributed by atoms with E-state index in [-0.39, 0.29) is 11.3 Å². The molecule has 1 amide bonds. The molecule has 7 nitrogen and oxygen atoms in total. The molecule has 0 radical (unpaired) electrons. The van der Waals surface area contributed by atoms with Gasteiger partial charge in [-0.15, -0.1) is 0 Å². The normalized spacial score (nSPS) is 10.7. The van der Waals surface area contributed by atoms with Crippen molar-refractivity contribution in [2.75, 3.05) is 5.32 Å². The molecule has 0 bridgehead atoms. The summed E-state index contributed by atoms with van der Waals surface area (Å²) in [6, 6.07) is 20.2. The van der Waals surface area contributed by atoms with Crippen LogP contribution in [0, 0.1) is 10.1 Å². The van der Waals surface area contributed by atoms with E-state index in [0.29, 0.717) is 22.7 Å². The molecular weight excluding hydrogens is 346 g/mol. The monoisotopic (exact) mass is 359 g/mol. The summed E-state index contributed by atoms with van der Waals surface area (Å²) < 4.78 is 5.74. The van der Waals surface area contributed by atoms with Gasteiger partial charge in [-0.25, -0.2) is 4.98 Å². The number of nitrogens with zero attached hydrogens (tertiary/aromatic N) is 2. The van der Waals surface area contributed by atoms with E-state index in [4.69, 9.17) is 4.42 Å². The predicted molar refractivity (Wildman–Crippen MR) is 100 cm³/mol. The van der Waals surface area contributed by atoms with Crippen molar-refractivity contribution >= 4 is 28.4 Å². The molecule has 0 fully saturated rings. The maximum Gasteiger partial charge on any atom is 0.282 e. The lowest BCUT2D eigenvalue weighted by Gasteiger charge is -2.06. The van der Waals surface area contributed by atoms with Gasteiger partial charge in [0.2, 0.25) is 5.89 Å². The summed E-state index contributed by atoms with van der Waals surface area (Å²) in [5, 5.41) is 13.8. The van der Waals surface area contributed by atoms with Crippen LogP contribution in [-0.2, 0) is 0 Å². The number of hydrogen-bond acceptors (Lipinski definition) is 5. The number of anilines is 1. The van der Waals surface area contributed by atoms with Crippen molar-refractivity contribution in [3.8, 4) is 11.5 Å². The average molecular weight is 359 g/mol. The Labute approximate surface area is 153 Å². The molecule has 1 heterocycles. The number of carbonyl (C=O) groups is 1. The van der Waals surface area contributed by atoms with Gasteiger partial charge in [-0.2, -0.15) is 0 Å². The highest BCUT2D eigenvalue weighted by Gasteiger charge is 2.19. The molecule has 3 aromatic carbocycles. The predicted octanol–water partition coefficient (Wildman–Crippen LogP) is 4.66. The third kappa shape index (κ3) is 3.25. The first-order valence-electron chi connectivity index (χ1n) is 8.12. The lowest BCUT2D eigenvalue weighted by Crippen LogP contribution is -2.13. The Hall–Kier alpha value is -4.00. The fraction of sp³-hybridized carbons (Fsp3) is 0. The van der Waals surface area contributed by atoms with Crippen molar-refractivity contribution in [3.63, 3.8) is 0 Å². The number of nitrogens with one attached hydrogen (secondary N) is 1. The van der Waals surface area contributed by atoms with E-state index < -0.39 is 10.8 Å². The van der Waals surface area contributed by atoms with Crippen LogP contribution < -0.4 is 5.32 Å². The number of hydrogen-bond donors (Lipinski definition) is 1. The summed E-state index contributed by atoms with van der Waals surface area (Å²) in [4.78, 5) is 27.4. The summed E-state index contributed by atoms with van der Waals surface area (Å²) in [6.45, 7) is 0. The fourth-order valence-corrected chi connectivity index (χ4v) is 2.75. The van der Waals surface area contributed by atoms with Crippen molar-refractivity contribution < 1.29 is 14.1 Å². The van der Waals surface area contributed by atoms with E-state index in [1.54, 1.807) is 24.3 Å². The Bertz CT molecular complexity index is 1130. The van der Waals surface area contributed by atoms with Crippen LogP contribution in [0.15, 0.2) is 77.2 Å². The molecule has 7 heteroatoms. The van der Waals surface area contributed by atoms with Gasteiger partial charge in [0.25, 0.3) is 11.6 Å². The second-order valence-corrected chi connectivity index (χ2v) is 5.80. The number of carbonyl (C=O) groups excluding carboxylic acids is 1. The number of rotatable bonds is 4. The molecular formula is C20H13N3O4. The molecule has 132 valence electrons. The van der Waals surface area contributed by atoms with E-state index in [1.807, 2.05) is 30.3 Å². The van der Waals surface area contributed by atoms with Crippen LogP contribution in [-0.4, -0.2) is 15.8 Å². The lowest BCUT2D eigenvalue weighted by molar-refractivity contribution is -0.385. The molecule has 0 aliphatic carbocycles. The van der Waals surface area contributed by atoms with Crippen LogP contribution in [0.3, 0.4) is 0 Å². The van der Waals surface area contributed by atoms with Gasteiger partial charge in [-0.05, 0) is 36.4 Å². The Morgan fingerprint density at radius 2 is 1.78 bits per heavy atom. The zero-order valence-corrected chi connectivity index (χ0v) is 14.0. The number of benzene rings is 3. The van der Waals surface area contributed by atoms with Gasteiger partial charge in [0, 0.05) is 17.3 Å². The highest BCUT2D eigenvalue weighted by atomic mass is 16.6. The van der Waals surface area contributed by atoms with Gasteiger partial charge in [-0.3, -0.25) is 14.9 Å². The van der Waals surface area contributed by atoms with Crippen LogP contribution in [0.2, 0.25) is 0 Å². The summed E-state index contributed by atoms with van der Waals surface area (Å²) in [5.74, 6) is -0.130. The Kier molecular flexibility index (Phi) is 4.10. The van der Waals surface area contributed by atoms with Gasteiger partial charge < -0.3 is 9.73 Å². The first-order chi connectivity index (χ1) is 13.1. The molecule has 0 aliphatic heterocycles. The summed E-state index contributed by atoms with van der Waals surface area (Å²) in [7, 11) is 0. The number of nitro groups is 1. The minimum atomic E-state index is -0.580. The summed E-state index contributed by atoms with van der Waals surface area (Å²) >= 11 is 0. The SMILES string of the molecule is O=C(Nc1cccc(-c2nc3ccccc3o2)c1)c1ccccc1[N+](=O)[O-]. The summed E-state index contributed by atoms with van der Waals surface area (Å²) in [5.41, 5.74) is 2.33. The van der Waals surface area contributed by atoms with E-state index in [2.05, 4.69) is 10.3 Å². The fourth-order valence-electron chi connectivity index (χ4n) is 2.75. The van der Waals surface area contributed by atoms with Gasteiger partial charge in [0.15, 0.2) is 5.58 Å². The van der Waals surface area contributed by atoms with Crippen LogP contribution in [0.1, 0.15) is 10.4 Å². The topological polar surface area (TPSA) is 98.3 Å². The van der Waals surface area contributed by atoms with E-state index in [9.17, 15) is 14.9 Å². The van der Waals surface area contributed by atoms with Crippen LogP contribution in [0.5, 0.6) is 0 Å². The van der Waals surface area contributed by atoms with E-state index in [1.165, 1.54) is 18.2 Å². The smallest absolute Gasteiger partial charge is 0.282 e. The van der Waals surface area contributed by atoms with Gasteiger partial charge in [0.1, 0.15) is 11.1 Å². The van der Waals surface area contributed by atoms with Crippen molar-refractivity contribution in [1.29, 1.82) is 0 Å². The Morgan fingerprint density at radius 1 is 1.00 bits per heavy atom. The number of fused-ring (bicyclic) bond motifs is 1. The molecule has 1 aromatic heterocycles. The second-order valence-electron chi connectivity index (χ2n) is 5.80. The molecule has 4 aromatic rings. The number of amides is 1. The zero-order valence-electron chi connectivity index (χ0n) is 14.0. The molecule has 0 unspecified atom stereocenters. The number of aromatic nitrogens is 1. The van der Waals surface area contributed by atoms with Crippen molar-refractivity contribution in [3.05, 3.63) is 88.5 Å². The maximum atomic E-state index is 12.5. The average Bonchev–Trinajstić information content (AvgIpc) is 3.12. The van der Waals surface area contributed by atoms with Crippen molar-refractivity contribution in [2.24, 2.45) is 0 Å². The third-order valence-corrected chi connectivity index (χ3v) is 4.01. The van der Waals surface area contributed by atoms with Crippen molar-refractivity contribution in [1.82, 2.24) is 4.98 Å². The molecule has 0 spiro atoms. The van der Waals surface area contributed by atoms with Crippen molar-refractivity contribution in [2.45, 2.75) is 0 Å². The highest BCUT2D eigenvalue weighted by Crippen LogP contribution is 2.26. The molecule has 0 atom stereocenters. The number of nitro benzene ring substituents is 1. The quantitative estimate of drug-likeness (QED) is 0.422. The third-order valence-electron chi connectivity index (χ3n) is 4.01. The standard InChI is InChI=1S/C20H13N3O4/c24-19(15-8-1-3-10-17(15)23(25)26)21-14-7-5-6-13(12-14)20-22-16-9-2-4-11-18(16)27-20/h1-12H,(H,21,24). The first-order valence-corrected chi connectivity index (χ1v) is 8.12. The second kappa shape index (κ2) is 6.72. The lowest BCUT2D eigenvalue weighted by atomic mass is 10.1. The molecule has 1 N–H and O–H groups in total. The number of para-hydroxylation sites is 3. The molecule has 0 aliphatic rings. The first kappa shape index (κ1) is 16.5. The van der Waals surface area contributed by atoms with Crippen LogP contribution in [0.4, 0.5) is 11.4 Å². The van der Waals surface area contributed by atoms with E-state index >= 15 is 0 Å². The Morgan fingerprint density at radius 3 is 2.59 bits per heavy atom. The largest absolute Gasteiger partial charge is 0.436 e. The van der Waals surface area contributed by atoms with Crippen LogP contribution >= 0.6 is 0 Å². The molecule has 27 heavy (non-hydrogen) atoms.